The number of anilines is 2. The van der Waals surface area contributed by atoms with Gasteiger partial charge in [0.2, 0.25) is 0 Å². The summed E-state index contributed by atoms with van der Waals surface area (Å²) in [6.45, 7) is 1.53. The molecule has 31 heavy (non-hydrogen) atoms. The Hall–Kier alpha value is -4.00. The van der Waals surface area contributed by atoms with Crippen LogP contribution in [0.5, 0.6) is 17.2 Å². The molecule has 0 unspecified atom stereocenters. The van der Waals surface area contributed by atoms with Gasteiger partial charge in [-0.3, -0.25) is 9.59 Å². The van der Waals surface area contributed by atoms with Crippen LogP contribution in [0.15, 0.2) is 78.9 Å². The average Bonchev–Trinajstić information content (AvgIpc) is 2.80. The van der Waals surface area contributed by atoms with Crippen LogP contribution in [-0.4, -0.2) is 31.6 Å². The lowest BCUT2D eigenvalue weighted by atomic mass is 10.2. The molecule has 7 heteroatoms. The molecule has 160 valence electrons. The van der Waals surface area contributed by atoms with Crippen molar-refractivity contribution in [2.45, 2.75) is 13.0 Å². The summed E-state index contributed by atoms with van der Waals surface area (Å²) in [5.74, 6) is 0.985. The van der Waals surface area contributed by atoms with Gasteiger partial charge < -0.3 is 24.8 Å². The first-order chi connectivity index (χ1) is 15.0. The van der Waals surface area contributed by atoms with Gasteiger partial charge >= 0.3 is 0 Å². The predicted molar refractivity (Wildman–Crippen MR) is 119 cm³/mol. The SMILES string of the molecule is COc1cc(NC(=O)[C@H](C)Oc2ccccc2)ccc1NC(=O)COc1ccccc1. The number of carbonyl (C=O) groups excluding carboxylic acids is 2. The number of hydrogen-bond donors (Lipinski definition) is 2. The zero-order chi connectivity index (χ0) is 22.1. The molecule has 0 aliphatic heterocycles. The van der Waals surface area contributed by atoms with Gasteiger partial charge in [-0.05, 0) is 43.3 Å². The van der Waals surface area contributed by atoms with E-state index in [2.05, 4.69) is 10.6 Å². The predicted octanol–water partition coefficient (Wildman–Crippen LogP) is 4.12. The lowest BCUT2D eigenvalue weighted by molar-refractivity contribution is -0.122. The summed E-state index contributed by atoms with van der Waals surface area (Å²) in [5, 5.41) is 5.52. The van der Waals surface area contributed by atoms with E-state index in [9.17, 15) is 9.59 Å². The number of benzene rings is 3. The Bertz CT molecular complexity index is 1010. The molecule has 1 atom stereocenters. The first kappa shape index (κ1) is 21.7. The fourth-order valence-electron chi connectivity index (χ4n) is 2.72. The van der Waals surface area contributed by atoms with E-state index in [0.29, 0.717) is 28.6 Å². The molecule has 0 bridgehead atoms. The maximum absolute atomic E-state index is 12.4. The summed E-state index contributed by atoms with van der Waals surface area (Å²) in [5.41, 5.74) is 0.986. The standard InChI is InChI=1S/C24H24N2O5/c1-17(31-20-11-7-4-8-12-20)24(28)25-18-13-14-21(22(15-18)29-2)26-23(27)16-30-19-9-5-3-6-10-19/h3-15,17H,16H2,1-2H3,(H,25,28)(H,26,27)/t17-/m0/s1. The summed E-state index contributed by atoms with van der Waals surface area (Å²) >= 11 is 0. The average molecular weight is 420 g/mol. The lowest BCUT2D eigenvalue weighted by Gasteiger charge is -2.16. The number of carbonyl (C=O) groups is 2. The van der Waals surface area contributed by atoms with Gasteiger partial charge in [-0.25, -0.2) is 0 Å². The molecule has 3 aromatic rings. The van der Waals surface area contributed by atoms with Gasteiger partial charge in [0.05, 0.1) is 12.8 Å². The van der Waals surface area contributed by atoms with E-state index in [0.717, 1.165) is 0 Å². The number of para-hydroxylation sites is 2. The molecule has 0 aromatic heterocycles. The third kappa shape index (κ3) is 6.50. The summed E-state index contributed by atoms with van der Waals surface area (Å²) in [6.07, 6.45) is -0.692. The highest BCUT2D eigenvalue weighted by atomic mass is 16.5. The highest BCUT2D eigenvalue weighted by Crippen LogP contribution is 2.28. The van der Waals surface area contributed by atoms with Crippen LogP contribution >= 0.6 is 0 Å². The molecule has 2 amide bonds. The minimum Gasteiger partial charge on any atom is -0.494 e. The van der Waals surface area contributed by atoms with Crippen molar-refractivity contribution in [1.29, 1.82) is 0 Å². The van der Waals surface area contributed by atoms with E-state index in [4.69, 9.17) is 14.2 Å². The molecule has 7 nitrogen and oxygen atoms in total. The molecule has 3 rings (SSSR count). The fraction of sp³-hybridized carbons (Fsp3) is 0.167. The van der Waals surface area contributed by atoms with E-state index in [1.54, 1.807) is 49.4 Å². The molecule has 0 aliphatic rings. The highest BCUT2D eigenvalue weighted by Gasteiger charge is 2.16. The molecule has 3 aromatic carbocycles. The van der Waals surface area contributed by atoms with E-state index >= 15 is 0 Å². The first-order valence-electron chi connectivity index (χ1n) is 9.73. The number of ether oxygens (including phenoxy) is 3. The van der Waals surface area contributed by atoms with Crippen LogP contribution in [0.2, 0.25) is 0 Å². The van der Waals surface area contributed by atoms with Crippen molar-refractivity contribution in [3.8, 4) is 17.2 Å². The van der Waals surface area contributed by atoms with Gasteiger partial charge in [-0.1, -0.05) is 36.4 Å². The second-order valence-electron chi connectivity index (χ2n) is 6.63. The van der Waals surface area contributed by atoms with Crippen LogP contribution in [-0.2, 0) is 9.59 Å². The summed E-state index contributed by atoms with van der Waals surface area (Å²) in [7, 11) is 1.48. The third-order valence-corrected chi connectivity index (χ3v) is 4.28. The molecule has 2 N–H and O–H groups in total. The number of rotatable bonds is 9. The molecule has 0 heterocycles. The second-order valence-corrected chi connectivity index (χ2v) is 6.63. The minimum absolute atomic E-state index is 0.139. The second kappa shape index (κ2) is 10.7. The van der Waals surface area contributed by atoms with Crippen molar-refractivity contribution in [1.82, 2.24) is 0 Å². The molecule has 0 aliphatic carbocycles. The lowest BCUT2D eigenvalue weighted by Crippen LogP contribution is -2.30. The Balaban J connectivity index is 1.57. The van der Waals surface area contributed by atoms with E-state index in [-0.39, 0.29) is 18.4 Å². The van der Waals surface area contributed by atoms with Crippen molar-refractivity contribution in [3.05, 3.63) is 78.9 Å². The first-order valence-corrected chi connectivity index (χ1v) is 9.73. The van der Waals surface area contributed by atoms with Crippen molar-refractivity contribution < 1.29 is 23.8 Å². The topological polar surface area (TPSA) is 85.9 Å². The normalized spacial score (nSPS) is 11.2. The quantitative estimate of drug-likeness (QED) is 0.544. The van der Waals surface area contributed by atoms with Crippen LogP contribution < -0.4 is 24.8 Å². The van der Waals surface area contributed by atoms with Gasteiger partial charge in [0.25, 0.3) is 11.8 Å². The van der Waals surface area contributed by atoms with Crippen molar-refractivity contribution in [2.75, 3.05) is 24.4 Å². The number of amides is 2. The zero-order valence-corrected chi connectivity index (χ0v) is 17.3. The highest BCUT2D eigenvalue weighted by molar-refractivity contribution is 5.96. The number of nitrogens with one attached hydrogen (secondary N) is 2. The Labute approximate surface area is 180 Å². The van der Waals surface area contributed by atoms with Gasteiger partial charge in [-0.15, -0.1) is 0 Å². The van der Waals surface area contributed by atoms with Crippen LogP contribution in [0.4, 0.5) is 11.4 Å². The van der Waals surface area contributed by atoms with E-state index in [1.165, 1.54) is 7.11 Å². The Morgan fingerprint density at radius 3 is 2.16 bits per heavy atom. The fourth-order valence-corrected chi connectivity index (χ4v) is 2.72. The maximum atomic E-state index is 12.4. The molecular formula is C24H24N2O5. The van der Waals surface area contributed by atoms with Crippen molar-refractivity contribution in [2.24, 2.45) is 0 Å². The molecule has 0 radical (unpaired) electrons. The van der Waals surface area contributed by atoms with Crippen LogP contribution in [0.25, 0.3) is 0 Å². The maximum Gasteiger partial charge on any atom is 0.265 e. The van der Waals surface area contributed by atoms with Crippen LogP contribution in [0.3, 0.4) is 0 Å². The summed E-state index contributed by atoms with van der Waals surface area (Å²) in [6, 6.07) is 23.1. The van der Waals surface area contributed by atoms with Crippen LogP contribution in [0, 0.1) is 0 Å². The Kier molecular flexibility index (Phi) is 7.48. The number of methoxy groups -OCH3 is 1. The molecule has 0 spiro atoms. The third-order valence-electron chi connectivity index (χ3n) is 4.28. The van der Waals surface area contributed by atoms with E-state index in [1.807, 2.05) is 36.4 Å². The Morgan fingerprint density at radius 1 is 0.871 bits per heavy atom. The summed E-state index contributed by atoms with van der Waals surface area (Å²) in [4.78, 5) is 24.6. The Morgan fingerprint density at radius 2 is 1.52 bits per heavy atom. The van der Waals surface area contributed by atoms with Crippen molar-refractivity contribution >= 4 is 23.2 Å². The van der Waals surface area contributed by atoms with Gasteiger partial charge in [0.1, 0.15) is 17.2 Å². The monoisotopic (exact) mass is 420 g/mol. The van der Waals surface area contributed by atoms with Crippen molar-refractivity contribution in [3.63, 3.8) is 0 Å². The van der Waals surface area contributed by atoms with Crippen LogP contribution in [0.1, 0.15) is 6.92 Å². The van der Waals surface area contributed by atoms with Gasteiger partial charge in [0, 0.05) is 11.8 Å². The van der Waals surface area contributed by atoms with Gasteiger partial charge in [0.15, 0.2) is 12.7 Å². The minimum atomic E-state index is -0.692. The smallest absolute Gasteiger partial charge is 0.265 e. The molecule has 0 fully saturated rings. The van der Waals surface area contributed by atoms with Gasteiger partial charge in [-0.2, -0.15) is 0 Å². The largest absolute Gasteiger partial charge is 0.494 e. The summed E-state index contributed by atoms with van der Waals surface area (Å²) < 4.78 is 16.4. The molecular weight excluding hydrogens is 396 g/mol. The molecule has 0 saturated carbocycles. The van der Waals surface area contributed by atoms with E-state index < -0.39 is 6.10 Å². The number of hydrogen-bond acceptors (Lipinski definition) is 5. The molecule has 0 saturated heterocycles. The zero-order valence-electron chi connectivity index (χ0n) is 17.3.